The Balaban J connectivity index is 2.17. The van der Waals surface area contributed by atoms with Crippen LogP contribution in [0.2, 0.25) is 0 Å². The van der Waals surface area contributed by atoms with Gasteiger partial charge in [-0.2, -0.15) is 0 Å². The van der Waals surface area contributed by atoms with Crippen LogP contribution in [0.4, 0.5) is 0 Å². The third-order valence-corrected chi connectivity index (χ3v) is 3.43. The Morgan fingerprint density at radius 2 is 1.76 bits per heavy atom. The molecule has 1 aliphatic rings. The van der Waals surface area contributed by atoms with E-state index in [1.165, 1.54) is 5.56 Å². The van der Waals surface area contributed by atoms with Gasteiger partial charge < -0.3 is 5.32 Å². The highest BCUT2D eigenvalue weighted by Gasteiger charge is 2.33. The van der Waals surface area contributed by atoms with Gasteiger partial charge >= 0.3 is 0 Å². The van der Waals surface area contributed by atoms with Crippen molar-refractivity contribution in [1.29, 1.82) is 0 Å². The Kier molecular flexibility index (Phi) is 3.34. The van der Waals surface area contributed by atoms with E-state index in [0.29, 0.717) is 0 Å². The number of hydrogen-bond acceptors (Lipinski definition) is 2. The van der Waals surface area contributed by atoms with Gasteiger partial charge in [0, 0.05) is 29.9 Å². The lowest BCUT2D eigenvalue weighted by atomic mass is 9.78. The largest absolute Gasteiger partial charge is 0.311 e. The number of allylic oxidation sites excluding steroid dienone is 2. The fourth-order valence-electron chi connectivity index (χ4n) is 2.32. The summed E-state index contributed by atoms with van der Waals surface area (Å²) >= 11 is 0. The molecule has 2 nitrogen and oxygen atoms in total. The van der Waals surface area contributed by atoms with Crippen LogP contribution in [0.1, 0.15) is 39.2 Å². The van der Waals surface area contributed by atoms with Crippen molar-refractivity contribution in [1.82, 2.24) is 10.3 Å². The summed E-state index contributed by atoms with van der Waals surface area (Å²) in [7, 11) is 0. The van der Waals surface area contributed by atoms with E-state index >= 15 is 0 Å². The average molecular weight is 230 g/mol. The highest BCUT2D eigenvalue weighted by atomic mass is 15.0. The quantitative estimate of drug-likeness (QED) is 0.807. The third kappa shape index (κ3) is 2.95. The molecule has 2 rings (SSSR count). The maximum Gasteiger partial charge on any atom is 0.0270 e. The molecule has 92 valence electrons. The molecule has 17 heavy (non-hydrogen) atoms. The predicted octanol–water partition coefficient (Wildman–Crippen LogP) is 3.06. The molecule has 0 atom stereocenters. The molecule has 0 amide bonds. The van der Waals surface area contributed by atoms with Gasteiger partial charge in [0.2, 0.25) is 0 Å². The Morgan fingerprint density at radius 1 is 1.18 bits per heavy atom. The van der Waals surface area contributed by atoms with Crippen molar-refractivity contribution in [3.8, 4) is 0 Å². The zero-order chi connectivity index (χ0) is 12.4. The van der Waals surface area contributed by atoms with Gasteiger partial charge in [-0.25, -0.2) is 0 Å². The van der Waals surface area contributed by atoms with Crippen LogP contribution >= 0.6 is 0 Å². The molecular weight excluding hydrogens is 208 g/mol. The lowest BCUT2D eigenvalue weighted by molar-refractivity contribution is 0.340. The van der Waals surface area contributed by atoms with E-state index in [-0.39, 0.29) is 11.0 Å². The van der Waals surface area contributed by atoms with E-state index in [4.69, 9.17) is 0 Å². The first kappa shape index (κ1) is 12.3. The molecule has 1 aromatic heterocycles. The van der Waals surface area contributed by atoms with Crippen LogP contribution in [0.5, 0.6) is 0 Å². The average Bonchev–Trinajstić information content (AvgIpc) is 2.77. The van der Waals surface area contributed by atoms with E-state index < -0.39 is 0 Å². The summed E-state index contributed by atoms with van der Waals surface area (Å²) in [6, 6.07) is 4.30. The molecule has 0 spiro atoms. The molecule has 0 fully saturated rings. The highest BCUT2D eigenvalue weighted by Crippen LogP contribution is 2.36. The summed E-state index contributed by atoms with van der Waals surface area (Å²) in [5.41, 5.74) is 1.80. The normalized spacial score (nSPS) is 18.5. The van der Waals surface area contributed by atoms with E-state index in [0.717, 1.165) is 19.4 Å². The molecule has 1 aliphatic carbocycles. The summed E-state index contributed by atoms with van der Waals surface area (Å²) in [6.07, 6.45) is 10.6. The lowest BCUT2D eigenvalue weighted by Gasteiger charge is -2.34. The molecule has 0 radical (unpaired) electrons. The number of nitrogens with one attached hydrogen (secondary N) is 1. The smallest absolute Gasteiger partial charge is 0.0270 e. The highest BCUT2D eigenvalue weighted by molar-refractivity contribution is 5.29. The van der Waals surface area contributed by atoms with Crippen molar-refractivity contribution in [3.63, 3.8) is 0 Å². The van der Waals surface area contributed by atoms with Gasteiger partial charge in [-0.05, 0) is 51.3 Å². The van der Waals surface area contributed by atoms with Crippen LogP contribution in [-0.4, -0.2) is 17.1 Å². The van der Waals surface area contributed by atoms with Gasteiger partial charge in [-0.15, -0.1) is 0 Å². The number of hydrogen-bond donors (Lipinski definition) is 1. The van der Waals surface area contributed by atoms with Crippen molar-refractivity contribution in [2.75, 3.05) is 6.54 Å². The van der Waals surface area contributed by atoms with Gasteiger partial charge in [0.25, 0.3) is 0 Å². The number of pyridine rings is 1. The second-order valence-electron chi connectivity index (χ2n) is 6.00. The fourth-order valence-corrected chi connectivity index (χ4v) is 2.32. The lowest BCUT2D eigenvalue weighted by Crippen LogP contribution is -2.45. The molecular formula is C15H22N2. The van der Waals surface area contributed by atoms with Crippen molar-refractivity contribution in [2.45, 2.75) is 44.6 Å². The third-order valence-electron chi connectivity index (χ3n) is 3.43. The predicted molar refractivity (Wildman–Crippen MR) is 72.0 cm³/mol. The standard InChI is InChI=1S/C15H22N2/c1-14(2,3)17-12-15(8-4-5-9-15)13-6-10-16-11-7-13/h4-7,10-11,17H,8-9,12H2,1-3H3. The molecule has 0 unspecified atom stereocenters. The second-order valence-corrected chi connectivity index (χ2v) is 6.00. The first-order valence-electron chi connectivity index (χ1n) is 6.32. The van der Waals surface area contributed by atoms with Gasteiger partial charge in [0.05, 0.1) is 0 Å². The monoisotopic (exact) mass is 230 g/mol. The van der Waals surface area contributed by atoms with E-state index in [1.807, 2.05) is 12.4 Å². The first-order chi connectivity index (χ1) is 8.02. The number of aromatic nitrogens is 1. The van der Waals surface area contributed by atoms with Gasteiger partial charge in [0.15, 0.2) is 0 Å². The number of nitrogens with zero attached hydrogens (tertiary/aromatic N) is 1. The molecule has 1 heterocycles. The van der Waals surface area contributed by atoms with Gasteiger partial charge in [0.1, 0.15) is 0 Å². The van der Waals surface area contributed by atoms with Crippen molar-refractivity contribution >= 4 is 0 Å². The van der Waals surface area contributed by atoms with Crippen LogP contribution in [0.3, 0.4) is 0 Å². The minimum absolute atomic E-state index is 0.169. The van der Waals surface area contributed by atoms with Crippen molar-refractivity contribution in [2.24, 2.45) is 0 Å². The Bertz CT molecular complexity index is 379. The van der Waals surface area contributed by atoms with Crippen molar-refractivity contribution in [3.05, 3.63) is 42.2 Å². The Labute approximate surface area is 104 Å². The van der Waals surface area contributed by atoms with Crippen LogP contribution < -0.4 is 5.32 Å². The molecule has 0 saturated heterocycles. The molecule has 1 aromatic rings. The van der Waals surface area contributed by atoms with Crippen LogP contribution in [0.25, 0.3) is 0 Å². The van der Waals surface area contributed by atoms with Crippen LogP contribution in [0, 0.1) is 0 Å². The molecule has 0 bridgehead atoms. The topological polar surface area (TPSA) is 24.9 Å². The van der Waals surface area contributed by atoms with E-state index in [1.54, 1.807) is 0 Å². The molecule has 0 saturated carbocycles. The zero-order valence-corrected chi connectivity index (χ0v) is 11.0. The minimum Gasteiger partial charge on any atom is -0.311 e. The second kappa shape index (κ2) is 4.61. The Hall–Kier alpha value is -1.15. The molecule has 1 N–H and O–H groups in total. The fraction of sp³-hybridized carbons (Fsp3) is 0.533. The van der Waals surface area contributed by atoms with Crippen LogP contribution in [-0.2, 0) is 5.41 Å². The first-order valence-corrected chi connectivity index (χ1v) is 6.32. The van der Waals surface area contributed by atoms with Crippen molar-refractivity contribution < 1.29 is 0 Å². The Morgan fingerprint density at radius 3 is 2.29 bits per heavy atom. The molecule has 0 aromatic carbocycles. The summed E-state index contributed by atoms with van der Waals surface area (Å²) in [4.78, 5) is 4.12. The van der Waals surface area contributed by atoms with E-state index in [9.17, 15) is 0 Å². The maximum atomic E-state index is 4.12. The van der Waals surface area contributed by atoms with E-state index in [2.05, 4.69) is 55.4 Å². The SMILES string of the molecule is CC(C)(C)NCC1(c2ccncc2)CC=CC1. The van der Waals surface area contributed by atoms with Gasteiger partial charge in [-0.1, -0.05) is 12.2 Å². The maximum absolute atomic E-state index is 4.12. The van der Waals surface area contributed by atoms with Gasteiger partial charge in [-0.3, -0.25) is 4.98 Å². The summed E-state index contributed by atoms with van der Waals surface area (Å²) < 4.78 is 0. The van der Waals surface area contributed by atoms with Crippen LogP contribution in [0.15, 0.2) is 36.7 Å². The molecule has 0 aliphatic heterocycles. The summed E-state index contributed by atoms with van der Waals surface area (Å²) in [5, 5.41) is 3.64. The molecule has 2 heteroatoms. The zero-order valence-electron chi connectivity index (χ0n) is 11.0. The minimum atomic E-state index is 0.169. The number of rotatable bonds is 3. The summed E-state index contributed by atoms with van der Waals surface area (Å²) in [6.45, 7) is 7.68. The summed E-state index contributed by atoms with van der Waals surface area (Å²) in [5.74, 6) is 0.